The number of amides is 2. The van der Waals surface area contributed by atoms with Crippen molar-refractivity contribution in [2.75, 3.05) is 19.6 Å². The van der Waals surface area contributed by atoms with Crippen molar-refractivity contribution in [2.24, 2.45) is 0 Å². The first kappa shape index (κ1) is 19.5. The van der Waals surface area contributed by atoms with E-state index in [1.54, 1.807) is 16.7 Å². The zero-order valence-corrected chi connectivity index (χ0v) is 16.5. The van der Waals surface area contributed by atoms with Gasteiger partial charge in [0.05, 0.1) is 6.04 Å². The molecular formula is C21H20Cl2N2O2. The van der Waals surface area contributed by atoms with Gasteiger partial charge in [-0.25, -0.2) is 0 Å². The Morgan fingerprint density at radius 1 is 1.07 bits per heavy atom. The average molecular weight is 403 g/mol. The van der Waals surface area contributed by atoms with E-state index in [0.29, 0.717) is 24.7 Å². The molecule has 140 valence electrons. The molecule has 0 aliphatic carbocycles. The number of benzene rings is 2. The molecule has 0 saturated carbocycles. The molecule has 1 atom stereocenters. The van der Waals surface area contributed by atoms with Crippen LogP contribution in [0.1, 0.15) is 18.5 Å². The van der Waals surface area contributed by atoms with E-state index in [2.05, 4.69) is 0 Å². The van der Waals surface area contributed by atoms with Crippen molar-refractivity contribution < 1.29 is 9.59 Å². The van der Waals surface area contributed by atoms with Crippen molar-refractivity contribution in [3.05, 3.63) is 70.7 Å². The summed E-state index contributed by atoms with van der Waals surface area (Å²) in [5, 5.41) is 0.596. The van der Waals surface area contributed by atoms with Gasteiger partial charge in [-0.15, -0.1) is 0 Å². The highest BCUT2D eigenvalue weighted by molar-refractivity contribution is 6.31. The Kier molecular flexibility index (Phi) is 6.19. The minimum Gasteiger partial charge on any atom is -0.335 e. The quantitative estimate of drug-likeness (QED) is 0.709. The van der Waals surface area contributed by atoms with Crippen molar-refractivity contribution in [1.82, 2.24) is 9.80 Å². The largest absolute Gasteiger partial charge is 0.335 e. The molecule has 0 unspecified atom stereocenters. The van der Waals surface area contributed by atoms with Crippen LogP contribution in [0.3, 0.4) is 0 Å². The molecule has 6 heteroatoms. The lowest BCUT2D eigenvalue weighted by atomic mass is 9.97. The van der Waals surface area contributed by atoms with Crippen LogP contribution in [-0.2, 0) is 9.59 Å². The number of carbonyl (C=O) groups excluding carboxylic acids is 2. The molecule has 0 radical (unpaired) electrons. The summed E-state index contributed by atoms with van der Waals surface area (Å²) in [7, 11) is 0. The Labute approximate surface area is 169 Å². The minimum atomic E-state index is -0.259. The molecule has 0 N–H and O–H groups in total. The monoisotopic (exact) mass is 402 g/mol. The minimum absolute atomic E-state index is 0.0266. The van der Waals surface area contributed by atoms with E-state index >= 15 is 0 Å². The van der Waals surface area contributed by atoms with Crippen molar-refractivity contribution in [1.29, 1.82) is 0 Å². The highest BCUT2D eigenvalue weighted by Gasteiger charge is 2.31. The van der Waals surface area contributed by atoms with Crippen LogP contribution in [0.5, 0.6) is 0 Å². The highest BCUT2D eigenvalue weighted by Crippen LogP contribution is 2.32. The Hall–Kier alpha value is -2.30. The van der Waals surface area contributed by atoms with Crippen LogP contribution >= 0.6 is 23.2 Å². The molecule has 0 bridgehead atoms. The van der Waals surface area contributed by atoms with Crippen LogP contribution in [0.15, 0.2) is 60.1 Å². The van der Waals surface area contributed by atoms with Crippen LogP contribution < -0.4 is 0 Å². The molecule has 27 heavy (non-hydrogen) atoms. The van der Waals surface area contributed by atoms with E-state index in [0.717, 1.165) is 16.7 Å². The molecule has 2 aromatic rings. The van der Waals surface area contributed by atoms with E-state index in [1.807, 2.05) is 48.5 Å². The van der Waals surface area contributed by atoms with E-state index in [4.69, 9.17) is 23.2 Å². The molecule has 0 aromatic heterocycles. The molecule has 1 aliphatic heterocycles. The third-order valence-electron chi connectivity index (χ3n) is 4.71. The average Bonchev–Trinajstić information content (AvgIpc) is 2.68. The summed E-state index contributed by atoms with van der Waals surface area (Å²) in [5.41, 5.74) is 4.14. The van der Waals surface area contributed by atoms with Gasteiger partial charge in [-0.3, -0.25) is 9.59 Å². The number of halogens is 2. The van der Waals surface area contributed by atoms with Crippen molar-refractivity contribution in [3.63, 3.8) is 0 Å². The van der Waals surface area contributed by atoms with Gasteiger partial charge < -0.3 is 9.80 Å². The predicted molar refractivity (Wildman–Crippen MR) is 109 cm³/mol. The summed E-state index contributed by atoms with van der Waals surface area (Å²) >= 11 is 11.9. The van der Waals surface area contributed by atoms with Gasteiger partial charge in [0, 0.05) is 43.2 Å². The molecule has 4 nitrogen and oxygen atoms in total. The number of rotatable bonds is 3. The lowest BCUT2D eigenvalue weighted by Crippen LogP contribution is -2.51. The molecule has 1 aliphatic rings. The van der Waals surface area contributed by atoms with Crippen molar-refractivity contribution in [2.45, 2.75) is 13.0 Å². The summed E-state index contributed by atoms with van der Waals surface area (Å²) in [6, 6.07) is 15.5. The van der Waals surface area contributed by atoms with Gasteiger partial charge >= 0.3 is 0 Å². The number of piperazine rings is 1. The molecule has 1 saturated heterocycles. The highest BCUT2D eigenvalue weighted by atomic mass is 35.5. The molecule has 3 rings (SSSR count). The third-order valence-corrected chi connectivity index (χ3v) is 5.06. The fourth-order valence-corrected chi connectivity index (χ4v) is 3.76. The van der Waals surface area contributed by atoms with E-state index in [9.17, 15) is 9.59 Å². The van der Waals surface area contributed by atoms with E-state index in [1.165, 1.54) is 11.6 Å². The first-order valence-electron chi connectivity index (χ1n) is 8.68. The van der Waals surface area contributed by atoms with Crippen molar-refractivity contribution in [3.8, 4) is 11.1 Å². The smallest absolute Gasteiger partial charge is 0.247 e. The zero-order valence-electron chi connectivity index (χ0n) is 14.9. The lowest BCUT2D eigenvalue weighted by molar-refractivity contribution is -0.139. The van der Waals surface area contributed by atoms with Crippen molar-refractivity contribution >= 4 is 35.0 Å². The maximum absolute atomic E-state index is 12.2. The Morgan fingerprint density at radius 2 is 1.81 bits per heavy atom. The van der Waals surface area contributed by atoms with Crippen LogP contribution in [0.4, 0.5) is 0 Å². The normalized spacial score (nSPS) is 17.4. The second-order valence-corrected chi connectivity index (χ2v) is 7.13. The standard InChI is InChI=1S/C21H20Cl2N2O2/c1-15(26)25-10-9-24(21(27)7-8-22)14-20(25)18-11-17(12-19(23)13-18)16-5-3-2-4-6-16/h2-8,11-13,20H,9-10,14H2,1H3/b8-7-/t20-/m0/s1. The number of nitrogens with zero attached hydrogens (tertiary/aromatic N) is 2. The number of hydrogen-bond acceptors (Lipinski definition) is 2. The van der Waals surface area contributed by atoms with Crippen LogP contribution in [0, 0.1) is 0 Å². The van der Waals surface area contributed by atoms with Crippen LogP contribution in [-0.4, -0.2) is 41.2 Å². The lowest BCUT2D eigenvalue weighted by Gasteiger charge is -2.41. The molecule has 2 amide bonds. The summed E-state index contributed by atoms with van der Waals surface area (Å²) in [4.78, 5) is 27.9. The molecule has 2 aromatic carbocycles. The first-order chi connectivity index (χ1) is 13.0. The Balaban J connectivity index is 1.98. The Morgan fingerprint density at radius 3 is 2.48 bits per heavy atom. The Bertz CT molecular complexity index is 868. The maximum Gasteiger partial charge on any atom is 0.247 e. The summed E-state index contributed by atoms with van der Waals surface area (Å²) < 4.78 is 0. The van der Waals surface area contributed by atoms with Crippen LogP contribution in [0.2, 0.25) is 5.02 Å². The maximum atomic E-state index is 12.2. The molecular weight excluding hydrogens is 383 g/mol. The summed E-state index contributed by atoms with van der Waals surface area (Å²) in [6.07, 6.45) is 1.33. The van der Waals surface area contributed by atoms with Gasteiger partial charge in [0.1, 0.15) is 0 Å². The third kappa shape index (κ3) is 4.52. The van der Waals surface area contributed by atoms with Crippen LogP contribution in [0.25, 0.3) is 11.1 Å². The second-order valence-electron chi connectivity index (χ2n) is 6.44. The molecule has 0 spiro atoms. The number of carbonyl (C=O) groups is 2. The molecule has 1 fully saturated rings. The van der Waals surface area contributed by atoms with E-state index in [-0.39, 0.29) is 17.9 Å². The predicted octanol–water partition coefficient (Wildman–Crippen LogP) is 4.49. The zero-order chi connectivity index (χ0) is 19.4. The van der Waals surface area contributed by atoms with E-state index < -0.39 is 0 Å². The number of hydrogen-bond donors (Lipinski definition) is 0. The van der Waals surface area contributed by atoms with Gasteiger partial charge in [-0.2, -0.15) is 0 Å². The second kappa shape index (κ2) is 8.59. The van der Waals surface area contributed by atoms with Gasteiger partial charge in [-0.1, -0.05) is 53.5 Å². The van der Waals surface area contributed by atoms with Gasteiger partial charge in [-0.05, 0) is 34.9 Å². The summed E-state index contributed by atoms with van der Waals surface area (Å²) in [5.74, 6) is -0.190. The fourth-order valence-electron chi connectivity index (χ4n) is 3.41. The van der Waals surface area contributed by atoms with Gasteiger partial charge in [0.15, 0.2) is 0 Å². The molecule has 1 heterocycles. The summed E-state index contributed by atoms with van der Waals surface area (Å²) in [6.45, 7) is 2.89. The van der Waals surface area contributed by atoms with Gasteiger partial charge in [0.25, 0.3) is 0 Å². The SMILES string of the molecule is CC(=O)N1CCN(C(=O)/C=C\Cl)C[C@H]1c1cc(Cl)cc(-c2ccccc2)c1. The first-order valence-corrected chi connectivity index (χ1v) is 9.50. The fraction of sp³-hybridized carbons (Fsp3) is 0.238. The topological polar surface area (TPSA) is 40.6 Å². The van der Waals surface area contributed by atoms with Gasteiger partial charge in [0.2, 0.25) is 11.8 Å².